The standard InChI is InChI=1S/C21H20Cl2N2O2/c22-15-5-7-17(18(23)12-15)20(26)24-16-6-8-19-14(11-16)9-10-25(19)21(27)13-3-1-2-4-13/h5-8,11-13H,1-4,9-10H2,(H,24,26). The number of nitrogens with one attached hydrogen (secondary N) is 1. The Labute approximate surface area is 168 Å². The normalized spacial score (nSPS) is 16.4. The van der Waals surface area contributed by atoms with Gasteiger partial charge in [0.15, 0.2) is 0 Å². The Bertz CT molecular complexity index is 907. The zero-order valence-corrected chi connectivity index (χ0v) is 16.3. The molecule has 1 aliphatic heterocycles. The van der Waals surface area contributed by atoms with Gasteiger partial charge < -0.3 is 10.2 Å². The van der Waals surface area contributed by atoms with Crippen LogP contribution in [0.3, 0.4) is 0 Å². The molecule has 27 heavy (non-hydrogen) atoms. The van der Waals surface area contributed by atoms with Crippen molar-refractivity contribution in [1.29, 1.82) is 0 Å². The first-order chi connectivity index (χ1) is 13.0. The zero-order chi connectivity index (χ0) is 19.0. The molecule has 1 aliphatic carbocycles. The topological polar surface area (TPSA) is 49.4 Å². The van der Waals surface area contributed by atoms with E-state index < -0.39 is 0 Å². The number of hydrogen-bond acceptors (Lipinski definition) is 2. The second-order valence-electron chi connectivity index (χ2n) is 7.14. The van der Waals surface area contributed by atoms with Gasteiger partial charge in [0.25, 0.3) is 5.91 Å². The average Bonchev–Trinajstić information content (AvgIpc) is 3.30. The third kappa shape index (κ3) is 3.69. The van der Waals surface area contributed by atoms with E-state index >= 15 is 0 Å². The van der Waals surface area contributed by atoms with Crippen LogP contribution in [0, 0.1) is 5.92 Å². The summed E-state index contributed by atoms with van der Waals surface area (Å²) in [5, 5.41) is 3.68. The van der Waals surface area contributed by atoms with Crippen LogP contribution in [0.5, 0.6) is 0 Å². The van der Waals surface area contributed by atoms with Crippen molar-refractivity contribution in [2.45, 2.75) is 32.1 Å². The second kappa shape index (κ2) is 7.53. The molecule has 0 bridgehead atoms. The molecule has 1 heterocycles. The lowest BCUT2D eigenvalue weighted by molar-refractivity contribution is -0.122. The summed E-state index contributed by atoms with van der Waals surface area (Å²) < 4.78 is 0. The number of rotatable bonds is 3. The number of halogens is 2. The van der Waals surface area contributed by atoms with E-state index in [4.69, 9.17) is 23.2 Å². The number of amides is 2. The minimum atomic E-state index is -0.284. The van der Waals surface area contributed by atoms with E-state index in [1.54, 1.807) is 18.2 Å². The lowest BCUT2D eigenvalue weighted by Crippen LogP contribution is -2.33. The molecule has 2 aliphatic rings. The van der Waals surface area contributed by atoms with Gasteiger partial charge in [-0.2, -0.15) is 0 Å². The van der Waals surface area contributed by atoms with E-state index in [9.17, 15) is 9.59 Å². The first-order valence-electron chi connectivity index (χ1n) is 9.23. The van der Waals surface area contributed by atoms with E-state index in [1.807, 2.05) is 23.1 Å². The van der Waals surface area contributed by atoms with Gasteiger partial charge in [0, 0.05) is 28.9 Å². The molecule has 4 rings (SSSR count). The summed E-state index contributed by atoms with van der Waals surface area (Å²) in [7, 11) is 0. The minimum absolute atomic E-state index is 0.169. The number of carbonyl (C=O) groups is 2. The third-order valence-electron chi connectivity index (χ3n) is 5.38. The van der Waals surface area contributed by atoms with E-state index in [0.29, 0.717) is 27.8 Å². The first-order valence-corrected chi connectivity index (χ1v) is 9.99. The lowest BCUT2D eigenvalue weighted by Gasteiger charge is -2.21. The van der Waals surface area contributed by atoms with Crippen molar-refractivity contribution in [3.05, 3.63) is 57.6 Å². The average molecular weight is 403 g/mol. The Kier molecular flexibility index (Phi) is 5.11. The molecule has 140 valence electrons. The van der Waals surface area contributed by atoms with Gasteiger partial charge in [-0.15, -0.1) is 0 Å². The molecular weight excluding hydrogens is 383 g/mol. The predicted octanol–water partition coefficient (Wildman–Crippen LogP) is 5.33. The summed E-state index contributed by atoms with van der Waals surface area (Å²) in [6.07, 6.45) is 5.10. The van der Waals surface area contributed by atoms with Gasteiger partial charge in [-0.25, -0.2) is 0 Å². The summed E-state index contributed by atoms with van der Waals surface area (Å²) in [5.74, 6) is 0.131. The van der Waals surface area contributed by atoms with Crippen LogP contribution in [0.1, 0.15) is 41.6 Å². The molecule has 2 amide bonds. The quantitative estimate of drug-likeness (QED) is 0.754. The molecule has 6 heteroatoms. The maximum absolute atomic E-state index is 12.8. The molecule has 0 atom stereocenters. The van der Waals surface area contributed by atoms with Gasteiger partial charge in [0.1, 0.15) is 0 Å². The van der Waals surface area contributed by atoms with Crippen LogP contribution in [0.25, 0.3) is 0 Å². The van der Waals surface area contributed by atoms with Crippen molar-refractivity contribution >= 4 is 46.4 Å². The number of hydrogen-bond donors (Lipinski definition) is 1. The molecule has 2 aromatic carbocycles. The van der Waals surface area contributed by atoms with Crippen LogP contribution < -0.4 is 10.2 Å². The fourth-order valence-corrected chi connectivity index (χ4v) is 4.47. The fourth-order valence-electron chi connectivity index (χ4n) is 3.97. The highest BCUT2D eigenvalue weighted by atomic mass is 35.5. The van der Waals surface area contributed by atoms with Crippen LogP contribution in [0.2, 0.25) is 10.0 Å². The van der Waals surface area contributed by atoms with Gasteiger partial charge >= 0.3 is 0 Å². The number of nitrogens with zero attached hydrogens (tertiary/aromatic N) is 1. The molecule has 0 aromatic heterocycles. The molecule has 2 aromatic rings. The van der Waals surface area contributed by atoms with Crippen LogP contribution >= 0.6 is 23.2 Å². The van der Waals surface area contributed by atoms with Crippen molar-refractivity contribution in [3.8, 4) is 0 Å². The summed E-state index contributed by atoms with van der Waals surface area (Å²) in [6, 6.07) is 10.5. The van der Waals surface area contributed by atoms with Crippen LogP contribution in [0.15, 0.2) is 36.4 Å². The Morgan fingerprint density at radius 1 is 1.04 bits per heavy atom. The number of fused-ring (bicyclic) bond motifs is 1. The molecule has 0 saturated heterocycles. The highest BCUT2D eigenvalue weighted by Crippen LogP contribution is 2.35. The van der Waals surface area contributed by atoms with Gasteiger partial charge in [-0.05, 0) is 61.2 Å². The molecule has 1 saturated carbocycles. The molecule has 4 nitrogen and oxygen atoms in total. The van der Waals surface area contributed by atoms with Crippen LogP contribution in [-0.2, 0) is 11.2 Å². The van der Waals surface area contributed by atoms with Crippen molar-refractivity contribution in [3.63, 3.8) is 0 Å². The molecule has 0 spiro atoms. The van der Waals surface area contributed by atoms with Crippen molar-refractivity contribution in [2.75, 3.05) is 16.8 Å². The highest BCUT2D eigenvalue weighted by Gasteiger charge is 2.31. The molecule has 1 fully saturated rings. The van der Waals surface area contributed by atoms with Crippen molar-refractivity contribution < 1.29 is 9.59 Å². The maximum Gasteiger partial charge on any atom is 0.257 e. The summed E-state index contributed by atoms with van der Waals surface area (Å²) >= 11 is 12.0. The number of anilines is 2. The van der Waals surface area contributed by atoms with Gasteiger partial charge in [0.05, 0.1) is 10.6 Å². The van der Waals surface area contributed by atoms with Crippen molar-refractivity contribution in [1.82, 2.24) is 0 Å². The highest BCUT2D eigenvalue weighted by molar-refractivity contribution is 6.37. The van der Waals surface area contributed by atoms with Crippen molar-refractivity contribution in [2.24, 2.45) is 5.92 Å². The van der Waals surface area contributed by atoms with E-state index in [1.165, 1.54) is 0 Å². The number of carbonyl (C=O) groups excluding carboxylic acids is 2. The first kappa shape index (κ1) is 18.3. The summed E-state index contributed by atoms with van der Waals surface area (Å²) in [5.41, 5.74) is 3.12. The minimum Gasteiger partial charge on any atom is -0.322 e. The summed E-state index contributed by atoms with van der Waals surface area (Å²) in [4.78, 5) is 27.2. The Morgan fingerprint density at radius 2 is 1.81 bits per heavy atom. The lowest BCUT2D eigenvalue weighted by atomic mass is 10.1. The zero-order valence-electron chi connectivity index (χ0n) is 14.8. The van der Waals surface area contributed by atoms with Gasteiger partial charge in [-0.1, -0.05) is 36.0 Å². The SMILES string of the molecule is O=C(Nc1ccc2c(c1)CCN2C(=O)C1CCCC1)c1ccc(Cl)cc1Cl. The van der Waals surface area contributed by atoms with E-state index in [0.717, 1.165) is 43.4 Å². The van der Waals surface area contributed by atoms with E-state index in [-0.39, 0.29) is 17.7 Å². The van der Waals surface area contributed by atoms with E-state index in [2.05, 4.69) is 5.32 Å². The van der Waals surface area contributed by atoms with Crippen LogP contribution in [-0.4, -0.2) is 18.4 Å². The predicted molar refractivity (Wildman–Crippen MR) is 109 cm³/mol. The Morgan fingerprint density at radius 3 is 2.56 bits per heavy atom. The Hall–Kier alpha value is -2.04. The molecular formula is C21H20Cl2N2O2. The number of benzene rings is 2. The molecule has 0 unspecified atom stereocenters. The molecule has 0 radical (unpaired) electrons. The second-order valence-corrected chi connectivity index (χ2v) is 7.99. The van der Waals surface area contributed by atoms with Gasteiger partial charge in [-0.3, -0.25) is 9.59 Å². The van der Waals surface area contributed by atoms with Crippen LogP contribution in [0.4, 0.5) is 11.4 Å². The molecule has 1 N–H and O–H groups in total. The monoisotopic (exact) mass is 402 g/mol. The smallest absolute Gasteiger partial charge is 0.257 e. The van der Waals surface area contributed by atoms with Gasteiger partial charge in [0.2, 0.25) is 5.91 Å². The largest absolute Gasteiger partial charge is 0.322 e. The summed E-state index contributed by atoms with van der Waals surface area (Å²) in [6.45, 7) is 0.713. The fraction of sp³-hybridized carbons (Fsp3) is 0.333. The third-order valence-corrected chi connectivity index (χ3v) is 5.93. The maximum atomic E-state index is 12.8. The Balaban J connectivity index is 1.50.